The van der Waals surface area contributed by atoms with Crippen LogP contribution in [0.1, 0.15) is 42.4 Å². The molecule has 0 spiro atoms. The van der Waals surface area contributed by atoms with Crippen LogP contribution in [-0.4, -0.2) is 12.9 Å². The van der Waals surface area contributed by atoms with Crippen molar-refractivity contribution in [3.63, 3.8) is 0 Å². The molecule has 1 saturated carbocycles. The smallest absolute Gasteiger partial charge is 0.235 e. The summed E-state index contributed by atoms with van der Waals surface area (Å²) in [6.45, 7) is 4.36. The van der Waals surface area contributed by atoms with E-state index in [0.717, 1.165) is 53.9 Å². The first-order valence-corrected chi connectivity index (χ1v) is 6.67. The SMILES string of the molecule is Cc1c(C2(N=C=O)CCCC2)cc2c(c1C)OCO2. The number of hydrogen-bond donors (Lipinski definition) is 0. The highest BCUT2D eigenvalue weighted by atomic mass is 16.7. The van der Waals surface area contributed by atoms with Crippen molar-refractivity contribution in [3.8, 4) is 11.5 Å². The first-order chi connectivity index (χ1) is 9.18. The van der Waals surface area contributed by atoms with E-state index in [0.29, 0.717) is 0 Å². The molecule has 4 heteroatoms. The lowest BCUT2D eigenvalue weighted by Crippen LogP contribution is -2.20. The molecule has 0 amide bonds. The zero-order chi connectivity index (χ0) is 13.5. The van der Waals surface area contributed by atoms with Gasteiger partial charge in [0.15, 0.2) is 11.5 Å². The van der Waals surface area contributed by atoms with Crippen LogP contribution in [0.4, 0.5) is 0 Å². The van der Waals surface area contributed by atoms with E-state index in [9.17, 15) is 4.79 Å². The number of ether oxygens (including phenoxy) is 2. The molecule has 0 unspecified atom stereocenters. The van der Waals surface area contributed by atoms with Gasteiger partial charge in [-0.2, -0.15) is 4.99 Å². The number of nitrogens with zero attached hydrogens (tertiary/aromatic N) is 1. The maximum atomic E-state index is 10.8. The molecule has 0 radical (unpaired) electrons. The van der Waals surface area contributed by atoms with E-state index >= 15 is 0 Å². The summed E-state index contributed by atoms with van der Waals surface area (Å²) in [5.41, 5.74) is 2.91. The van der Waals surface area contributed by atoms with Crippen LogP contribution in [0.25, 0.3) is 0 Å². The van der Waals surface area contributed by atoms with Crippen molar-refractivity contribution in [2.45, 2.75) is 45.1 Å². The van der Waals surface area contributed by atoms with Gasteiger partial charge in [-0.1, -0.05) is 12.8 Å². The van der Waals surface area contributed by atoms with Gasteiger partial charge in [-0.15, -0.1) is 0 Å². The van der Waals surface area contributed by atoms with Crippen molar-refractivity contribution in [2.24, 2.45) is 4.99 Å². The molecule has 19 heavy (non-hydrogen) atoms. The summed E-state index contributed by atoms with van der Waals surface area (Å²) in [6, 6.07) is 2.00. The Labute approximate surface area is 112 Å². The number of carbonyl (C=O) groups excluding carboxylic acids is 1. The highest BCUT2D eigenvalue weighted by Gasteiger charge is 2.38. The van der Waals surface area contributed by atoms with Crippen LogP contribution in [0.3, 0.4) is 0 Å². The highest BCUT2D eigenvalue weighted by Crippen LogP contribution is 2.48. The van der Waals surface area contributed by atoms with E-state index in [1.165, 1.54) is 0 Å². The number of hydrogen-bond acceptors (Lipinski definition) is 4. The average Bonchev–Trinajstić information content (AvgIpc) is 3.03. The summed E-state index contributed by atoms with van der Waals surface area (Å²) in [4.78, 5) is 15.0. The molecular weight excluding hydrogens is 242 g/mol. The lowest BCUT2D eigenvalue weighted by molar-refractivity contribution is 0.173. The van der Waals surface area contributed by atoms with E-state index in [-0.39, 0.29) is 6.79 Å². The van der Waals surface area contributed by atoms with Gasteiger partial charge in [-0.3, -0.25) is 0 Å². The molecule has 0 N–H and O–H groups in total. The van der Waals surface area contributed by atoms with E-state index in [1.807, 2.05) is 13.0 Å². The van der Waals surface area contributed by atoms with Gasteiger partial charge in [0.25, 0.3) is 0 Å². The molecule has 1 aromatic rings. The molecule has 100 valence electrons. The second-order valence-electron chi connectivity index (χ2n) is 5.35. The summed E-state index contributed by atoms with van der Waals surface area (Å²) < 4.78 is 11.0. The average molecular weight is 259 g/mol. The molecule has 0 saturated heterocycles. The van der Waals surface area contributed by atoms with Crippen molar-refractivity contribution in [1.82, 2.24) is 0 Å². The lowest BCUT2D eigenvalue weighted by Gasteiger charge is -2.26. The first-order valence-electron chi connectivity index (χ1n) is 6.67. The van der Waals surface area contributed by atoms with E-state index in [2.05, 4.69) is 11.9 Å². The summed E-state index contributed by atoms with van der Waals surface area (Å²) in [5, 5.41) is 0. The zero-order valence-corrected chi connectivity index (χ0v) is 11.3. The Hall–Kier alpha value is -1.80. The molecule has 1 fully saturated rings. The fraction of sp³-hybridized carbons (Fsp3) is 0.533. The normalized spacial score (nSPS) is 19.3. The highest BCUT2D eigenvalue weighted by molar-refractivity contribution is 5.57. The minimum atomic E-state index is -0.405. The fourth-order valence-electron chi connectivity index (χ4n) is 3.27. The third-order valence-electron chi connectivity index (χ3n) is 4.42. The van der Waals surface area contributed by atoms with Crippen LogP contribution in [0.5, 0.6) is 11.5 Å². The van der Waals surface area contributed by atoms with Gasteiger partial charge < -0.3 is 9.47 Å². The van der Waals surface area contributed by atoms with Gasteiger partial charge in [-0.25, -0.2) is 4.79 Å². The van der Waals surface area contributed by atoms with Crippen LogP contribution in [0.15, 0.2) is 11.1 Å². The predicted octanol–water partition coefficient (Wildman–Crippen LogP) is 3.14. The molecule has 2 aliphatic rings. The van der Waals surface area contributed by atoms with Gasteiger partial charge in [0.1, 0.15) is 0 Å². The van der Waals surface area contributed by atoms with Crippen LogP contribution >= 0.6 is 0 Å². The standard InChI is InChI=1S/C15H17NO3/c1-10-11(2)14-13(18-9-19-14)7-12(10)15(16-8-17)5-3-4-6-15/h7H,3-6,9H2,1-2H3. The third kappa shape index (κ3) is 1.75. The molecular formula is C15H17NO3. The predicted molar refractivity (Wildman–Crippen MR) is 70.3 cm³/mol. The Bertz CT molecular complexity index is 567. The number of fused-ring (bicyclic) bond motifs is 1. The molecule has 0 bridgehead atoms. The van der Waals surface area contributed by atoms with E-state index in [4.69, 9.17) is 9.47 Å². The Morgan fingerprint density at radius 1 is 1.21 bits per heavy atom. The minimum Gasteiger partial charge on any atom is -0.454 e. The van der Waals surface area contributed by atoms with Crippen LogP contribution < -0.4 is 9.47 Å². The van der Waals surface area contributed by atoms with Gasteiger partial charge in [-0.05, 0) is 49.4 Å². The maximum Gasteiger partial charge on any atom is 0.235 e. The summed E-state index contributed by atoms with van der Waals surface area (Å²) in [7, 11) is 0. The largest absolute Gasteiger partial charge is 0.454 e. The van der Waals surface area contributed by atoms with Gasteiger partial charge in [0.05, 0.1) is 5.54 Å². The third-order valence-corrected chi connectivity index (χ3v) is 4.42. The summed E-state index contributed by atoms with van der Waals surface area (Å²) in [6.07, 6.45) is 5.77. The Morgan fingerprint density at radius 3 is 2.63 bits per heavy atom. The topological polar surface area (TPSA) is 47.9 Å². The molecule has 1 aliphatic heterocycles. The lowest BCUT2D eigenvalue weighted by atomic mass is 9.84. The molecule has 0 atom stereocenters. The zero-order valence-electron chi connectivity index (χ0n) is 11.3. The molecule has 1 aromatic carbocycles. The van der Waals surface area contributed by atoms with Crippen LogP contribution in [0, 0.1) is 13.8 Å². The second kappa shape index (κ2) is 4.39. The van der Waals surface area contributed by atoms with Crippen molar-refractivity contribution < 1.29 is 14.3 Å². The molecule has 4 nitrogen and oxygen atoms in total. The summed E-state index contributed by atoms with van der Waals surface area (Å²) >= 11 is 0. The van der Waals surface area contributed by atoms with E-state index in [1.54, 1.807) is 6.08 Å². The van der Waals surface area contributed by atoms with Crippen molar-refractivity contribution in [1.29, 1.82) is 0 Å². The van der Waals surface area contributed by atoms with Crippen LogP contribution in [0.2, 0.25) is 0 Å². The minimum absolute atomic E-state index is 0.267. The Kier molecular flexibility index (Phi) is 2.83. The molecule has 1 aliphatic carbocycles. The summed E-state index contributed by atoms with van der Waals surface area (Å²) in [5.74, 6) is 1.59. The quantitative estimate of drug-likeness (QED) is 0.605. The van der Waals surface area contributed by atoms with Gasteiger partial charge in [0, 0.05) is 0 Å². The Morgan fingerprint density at radius 2 is 1.95 bits per heavy atom. The fourth-order valence-corrected chi connectivity index (χ4v) is 3.27. The number of benzene rings is 1. The van der Waals surface area contributed by atoms with Crippen LogP contribution in [-0.2, 0) is 10.3 Å². The molecule has 3 rings (SSSR count). The Balaban J connectivity index is 2.19. The number of rotatable bonds is 2. The number of aliphatic imine (C=N–C) groups is 1. The monoisotopic (exact) mass is 259 g/mol. The second-order valence-corrected chi connectivity index (χ2v) is 5.35. The van der Waals surface area contributed by atoms with Gasteiger partial charge in [0.2, 0.25) is 12.9 Å². The molecule has 1 heterocycles. The van der Waals surface area contributed by atoms with Crippen molar-refractivity contribution >= 4 is 6.08 Å². The number of isocyanates is 1. The van der Waals surface area contributed by atoms with Gasteiger partial charge >= 0.3 is 0 Å². The van der Waals surface area contributed by atoms with E-state index < -0.39 is 5.54 Å². The van der Waals surface area contributed by atoms with Crippen molar-refractivity contribution in [2.75, 3.05) is 6.79 Å². The molecule has 0 aromatic heterocycles. The first kappa shape index (κ1) is 12.2. The maximum absolute atomic E-state index is 10.8. The van der Waals surface area contributed by atoms with Crippen molar-refractivity contribution in [3.05, 3.63) is 22.8 Å².